The standard InChI is InChI=1S/C12H13N3O3/c1-7-3-11(16)10(6-13-7)12(17)14-5-9-4-8(2)18-15-9/h3-4,6H,5H2,1-2H3,(H,13,16)(H,14,17). The maximum Gasteiger partial charge on any atom is 0.257 e. The van der Waals surface area contributed by atoms with Crippen LogP contribution in [0.25, 0.3) is 0 Å². The van der Waals surface area contributed by atoms with E-state index in [0.29, 0.717) is 17.1 Å². The van der Waals surface area contributed by atoms with Gasteiger partial charge < -0.3 is 14.8 Å². The lowest BCUT2D eigenvalue weighted by Gasteiger charge is -2.02. The lowest BCUT2D eigenvalue weighted by Crippen LogP contribution is -2.28. The average Bonchev–Trinajstić information content (AvgIpc) is 2.72. The molecule has 18 heavy (non-hydrogen) atoms. The summed E-state index contributed by atoms with van der Waals surface area (Å²) >= 11 is 0. The number of carbonyl (C=O) groups excluding carboxylic acids is 1. The van der Waals surface area contributed by atoms with Crippen LogP contribution in [-0.2, 0) is 6.54 Å². The largest absolute Gasteiger partial charge is 0.364 e. The van der Waals surface area contributed by atoms with Crippen LogP contribution in [0, 0.1) is 13.8 Å². The quantitative estimate of drug-likeness (QED) is 0.843. The number of hydrogen-bond donors (Lipinski definition) is 2. The van der Waals surface area contributed by atoms with Crippen molar-refractivity contribution in [3.8, 4) is 0 Å². The normalized spacial score (nSPS) is 10.3. The monoisotopic (exact) mass is 247 g/mol. The van der Waals surface area contributed by atoms with Crippen LogP contribution < -0.4 is 10.7 Å². The van der Waals surface area contributed by atoms with E-state index in [1.165, 1.54) is 12.3 Å². The molecule has 0 aliphatic carbocycles. The van der Waals surface area contributed by atoms with Gasteiger partial charge in [-0.15, -0.1) is 0 Å². The van der Waals surface area contributed by atoms with Gasteiger partial charge in [0.05, 0.1) is 6.54 Å². The van der Waals surface area contributed by atoms with E-state index < -0.39 is 5.91 Å². The highest BCUT2D eigenvalue weighted by Gasteiger charge is 2.10. The second-order valence-corrected chi connectivity index (χ2v) is 4.01. The number of aryl methyl sites for hydroxylation is 2. The fraction of sp³-hybridized carbons (Fsp3) is 0.250. The fourth-order valence-electron chi connectivity index (χ4n) is 1.52. The summed E-state index contributed by atoms with van der Waals surface area (Å²) in [5, 5.41) is 6.35. The number of pyridine rings is 1. The molecule has 2 aromatic rings. The molecule has 0 aliphatic rings. The first-order chi connectivity index (χ1) is 8.56. The Bertz CT molecular complexity index is 627. The van der Waals surface area contributed by atoms with Crippen LogP contribution in [0.4, 0.5) is 0 Å². The van der Waals surface area contributed by atoms with Crippen LogP contribution in [-0.4, -0.2) is 16.0 Å². The van der Waals surface area contributed by atoms with E-state index in [1.807, 2.05) is 0 Å². The van der Waals surface area contributed by atoms with Gasteiger partial charge in [-0.05, 0) is 13.8 Å². The highest BCUT2D eigenvalue weighted by atomic mass is 16.5. The summed E-state index contributed by atoms with van der Waals surface area (Å²) in [5.41, 5.74) is 1.11. The molecule has 2 aromatic heterocycles. The maximum absolute atomic E-state index is 11.8. The molecule has 0 unspecified atom stereocenters. The zero-order valence-electron chi connectivity index (χ0n) is 10.1. The van der Waals surface area contributed by atoms with Gasteiger partial charge >= 0.3 is 0 Å². The minimum absolute atomic E-state index is 0.0841. The number of aromatic amines is 1. The van der Waals surface area contributed by atoms with Crippen molar-refractivity contribution in [1.29, 1.82) is 0 Å². The van der Waals surface area contributed by atoms with Crippen LogP contribution in [0.3, 0.4) is 0 Å². The van der Waals surface area contributed by atoms with E-state index in [-0.39, 0.29) is 17.5 Å². The molecular weight excluding hydrogens is 234 g/mol. The Morgan fingerprint density at radius 1 is 1.44 bits per heavy atom. The average molecular weight is 247 g/mol. The molecule has 0 aliphatic heterocycles. The van der Waals surface area contributed by atoms with Crippen LogP contribution in [0.1, 0.15) is 27.5 Å². The predicted octanol–water partition coefficient (Wildman–Crippen LogP) is 0.910. The van der Waals surface area contributed by atoms with Gasteiger partial charge in [0, 0.05) is 24.0 Å². The zero-order valence-corrected chi connectivity index (χ0v) is 10.1. The Hall–Kier alpha value is -2.37. The van der Waals surface area contributed by atoms with E-state index in [9.17, 15) is 9.59 Å². The molecule has 0 saturated carbocycles. The molecular formula is C12H13N3O3. The van der Waals surface area contributed by atoms with Crippen LogP contribution in [0.5, 0.6) is 0 Å². The molecule has 2 rings (SSSR count). The number of amides is 1. The molecule has 6 heteroatoms. The number of rotatable bonds is 3. The fourth-order valence-corrected chi connectivity index (χ4v) is 1.52. The van der Waals surface area contributed by atoms with Gasteiger partial charge in [0.25, 0.3) is 5.91 Å². The second kappa shape index (κ2) is 4.87. The molecule has 6 nitrogen and oxygen atoms in total. The molecule has 0 saturated heterocycles. The summed E-state index contributed by atoms with van der Waals surface area (Å²) in [5.74, 6) is 0.240. The number of H-pyrrole nitrogens is 1. The van der Waals surface area contributed by atoms with Gasteiger partial charge in [-0.25, -0.2) is 0 Å². The van der Waals surface area contributed by atoms with Crippen molar-refractivity contribution in [2.45, 2.75) is 20.4 Å². The van der Waals surface area contributed by atoms with Crippen molar-refractivity contribution in [3.63, 3.8) is 0 Å². The first kappa shape index (κ1) is 12.1. The molecule has 0 atom stereocenters. The van der Waals surface area contributed by atoms with Crippen molar-refractivity contribution in [1.82, 2.24) is 15.5 Å². The second-order valence-electron chi connectivity index (χ2n) is 4.01. The Labute approximate surface area is 103 Å². The SMILES string of the molecule is Cc1cc(=O)c(C(=O)NCc2cc(C)on2)c[nH]1. The molecule has 1 amide bonds. The van der Waals surface area contributed by atoms with Crippen molar-refractivity contribution in [2.75, 3.05) is 0 Å². The molecule has 2 N–H and O–H groups in total. The molecule has 0 bridgehead atoms. The molecule has 2 heterocycles. The van der Waals surface area contributed by atoms with Crippen molar-refractivity contribution < 1.29 is 9.32 Å². The number of hydrogen-bond acceptors (Lipinski definition) is 4. The summed E-state index contributed by atoms with van der Waals surface area (Å²) < 4.78 is 4.87. The van der Waals surface area contributed by atoms with E-state index in [0.717, 1.165) is 0 Å². The van der Waals surface area contributed by atoms with E-state index in [1.54, 1.807) is 19.9 Å². The van der Waals surface area contributed by atoms with Gasteiger partial charge in [-0.1, -0.05) is 5.16 Å². The van der Waals surface area contributed by atoms with Gasteiger partial charge in [0.2, 0.25) is 0 Å². The molecule has 0 aromatic carbocycles. The van der Waals surface area contributed by atoms with Crippen LogP contribution in [0.2, 0.25) is 0 Å². The van der Waals surface area contributed by atoms with Crippen LogP contribution in [0.15, 0.2) is 27.6 Å². The Morgan fingerprint density at radius 2 is 2.22 bits per heavy atom. The summed E-state index contributed by atoms with van der Waals surface area (Å²) in [6.45, 7) is 3.74. The third-order valence-corrected chi connectivity index (χ3v) is 2.41. The highest BCUT2D eigenvalue weighted by Crippen LogP contribution is 2.01. The van der Waals surface area contributed by atoms with Crippen molar-refractivity contribution >= 4 is 5.91 Å². The van der Waals surface area contributed by atoms with Gasteiger partial charge in [-0.2, -0.15) is 0 Å². The number of nitrogens with one attached hydrogen (secondary N) is 2. The van der Waals surface area contributed by atoms with Gasteiger partial charge in [0.1, 0.15) is 17.0 Å². The van der Waals surface area contributed by atoms with E-state index in [4.69, 9.17) is 4.52 Å². The van der Waals surface area contributed by atoms with E-state index >= 15 is 0 Å². The third kappa shape index (κ3) is 2.65. The minimum Gasteiger partial charge on any atom is -0.364 e. The zero-order chi connectivity index (χ0) is 13.1. The summed E-state index contributed by atoms with van der Waals surface area (Å²) in [4.78, 5) is 26.2. The first-order valence-corrected chi connectivity index (χ1v) is 5.46. The highest BCUT2D eigenvalue weighted by molar-refractivity contribution is 5.93. The van der Waals surface area contributed by atoms with Gasteiger partial charge in [0.15, 0.2) is 5.43 Å². The maximum atomic E-state index is 11.8. The van der Waals surface area contributed by atoms with E-state index in [2.05, 4.69) is 15.5 Å². The predicted molar refractivity (Wildman–Crippen MR) is 64.2 cm³/mol. The Balaban J connectivity index is 2.06. The van der Waals surface area contributed by atoms with Crippen molar-refractivity contribution in [3.05, 3.63) is 51.3 Å². The van der Waals surface area contributed by atoms with Crippen molar-refractivity contribution in [2.24, 2.45) is 0 Å². The Kier molecular flexibility index (Phi) is 3.27. The first-order valence-electron chi connectivity index (χ1n) is 5.46. The van der Waals surface area contributed by atoms with Gasteiger partial charge in [-0.3, -0.25) is 9.59 Å². The molecule has 0 radical (unpaired) electrons. The topological polar surface area (TPSA) is 88.0 Å². The summed E-state index contributed by atoms with van der Waals surface area (Å²) in [7, 11) is 0. The smallest absolute Gasteiger partial charge is 0.257 e. The molecule has 0 spiro atoms. The minimum atomic E-state index is -0.433. The molecule has 0 fully saturated rings. The third-order valence-electron chi connectivity index (χ3n) is 2.41. The molecule has 94 valence electrons. The van der Waals surface area contributed by atoms with Crippen LogP contribution >= 0.6 is 0 Å². The number of nitrogens with zero attached hydrogens (tertiary/aromatic N) is 1. The number of aromatic nitrogens is 2. The lowest BCUT2D eigenvalue weighted by molar-refractivity contribution is 0.0948. The summed E-state index contributed by atoms with van der Waals surface area (Å²) in [6, 6.07) is 3.11. The lowest BCUT2D eigenvalue weighted by atomic mass is 10.2. The summed E-state index contributed by atoms with van der Waals surface area (Å²) in [6.07, 6.45) is 1.40. The Morgan fingerprint density at radius 3 is 2.83 bits per heavy atom. The number of carbonyl (C=O) groups is 1.